The average Bonchev–Trinajstić information content (AvgIpc) is 2.89. The van der Waals surface area contributed by atoms with Crippen LogP contribution in [0.4, 0.5) is 0 Å². The Hall–Kier alpha value is -1.13. The largest absolute Gasteiger partial charge is 0.307 e. The van der Waals surface area contributed by atoms with Gasteiger partial charge in [0.15, 0.2) is 9.84 Å². The van der Waals surface area contributed by atoms with Crippen LogP contribution in [0.5, 0.6) is 0 Å². The summed E-state index contributed by atoms with van der Waals surface area (Å²) in [5, 5.41) is 3.48. The van der Waals surface area contributed by atoms with E-state index in [-0.39, 0.29) is 6.04 Å². The lowest BCUT2D eigenvalue weighted by atomic mass is 9.98. The molecule has 0 fully saturated rings. The SMILES string of the molecule is CCNC(C1=CCCC1)c1ccc(S(C)(=O)=O)cc1. The summed E-state index contributed by atoms with van der Waals surface area (Å²) < 4.78 is 22.9. The maximum Gasteiger partial charge on any atom is 0.175 e. The minimum Gasteiger partial charge on any atom is -0.307 e. The summed E-state index contributed by atoms with van der Waals surface area (Å²) in [5.41, 5.74) is 2.57. The molecule has 104 valence electrons. The van der Waals surface area contributed by atoms with E-state index in [2.05, 4.69) is 18.3 Å². The molecule has 0 aliphatic heterocycles. The lowest BCUT2D eigenvalue weighted by molar-refractivity contribution is 0.599. The van der Waals surface area contributed by atoms with Crippen LogP contribution in [-0.2, 0) is 9.84 Å². The summed E-state index contributed by atoms with van der Waals surface area (Å²) in [5.74, 6) is 0. The molecule has 0 bridgehead atoms. The van der Waals surface area contributed by atoms with E-state index in [0.717, 1.165) is 24.9 Å². The maximum atomic E-state index is 11.5. The van der Waals surface area contributed by atoms with Gasteiger partial charge in [0, 0.05) is 6.26 Å². The summed E-state index contributed by atoms with van der Waals surface area (Å²) in [6.45, 7) is 2.99. The third-order valence-corrected chi connectivity index (χ3v) is 4.63. The van der Waals surface area contributed by atoms with Crippen molar-refractivity contribution in [2.75, 3.05) is 12.8 Å². The van der Waals surface area contributed by atoms with Gasteiger partial charge in [0.05, 0.1) is 10.9 Å². The van der Waals surface area contributed by atoms with Crippen molar-refractivity contribution in [1.82, 2.24) is 5.32 Å². The highest BCUT2D eigenvalue weighted by molar-refractivity contribution is 7.90. The van der Waals surface area contributed by atoms with E-state index in [1.807, 2.05) is 12.1 Å². The molecular weight excluding hydrogens is 258 g/mol. The standard InChI is InChI=1S/C15H21NO2S/c1-3-16-15(12-6-4-5-7-12)13-8-10-14(11-9-13)19(2,17)18/h6,8-11,15-16H,3-5,7H2,1-2H3. The second kappa shape index (κ2) is 5.88. The minimum atomic E-state index is -3.11. The molecule has 0 amide bonds. The number of hydrogen-bond acceptors (Lipinski definition) is 3. The fourth-order valence-electron chi connectivity index (χ4n) is 2.53. The molecule has 1 aromatic rings. The highest BCUT2D eigenvalue weighted by Crippen LogP contribution is 2.31. The van der Waals surface area contributed by atoms with E-state index in [0.29, 0.717) is 4.90 Å². The normalized spacial score (nSPS) is 17.3. The number of benzene rings is 1. The number of nitrogens with one attached hydrogen (secondary N) is 1. The third-order valence-electron chi connectivity index (χ3n) is 3.50. The summed E-state index contributed by atoms with van der Waals surface area (Å²) in [4.78, 5) is 0.381. The number of likely N-dealkylation sites (N-methyl/N-ethyl adjacent to an activating group) is 1. The topological polar surface area (TPSA) is 46.2 Å². The van der Waals surface area contributed by atoms with Gasteiger partial charge in [0.2, 0.25) is 0 Å². The van der Waals surface area contributed by atoms with Gasteiger partial charge < -0.3 is 5.32 Å². The van der Waals surface area contributed by atoms with Crippen molar-refractivity contribution in [3.8, 4) is 0 Å². The third kappa shape index (κ3) is 3.45. The van der Waals surface area contributed by atoms with Crippen LogP contribution in [0, 0.1) is 0 Å². The molecule has 1 aliphatic rings. The highest BCUT2D eigenvalue weighted by Gasteiger charge is 2.18. The van der Waals surface area contributed by atoms with Crippen LogP contribution in [0.1, 0.15) is 37.8 Å². The summed E-state index contributed by atoms with van der Waals surface area (Å²) in [7, 11) is -3.11. The van der Waals surface area contributed by atoms with Crippen molar-refractivity contribution >= 4 is 9.84 Å². The Labute approximate surface area is 115 Å². The molecule has 1 aromatic carbocycles. The van der Waals surface area contributed by atoms with E-state index < -0.39 is 9.84 Å². The first-order valence-corrected chi connectivity index (χ1v) is 8.64. The molecule has 1 N–H and O–H groups in total. The zero-order chi connectivity index (χ0) is 13.9. The van der Waals surface area contributed by atoms with Crippen LogP contribution >= 0.6 is 0 Å². The minimum absolute atomic E-state index is 0.223. The van der Waals surface area contributed by atoms with Crippen molar-refractivity contribution in [2.24, 2.45) is 0 Å². The number of sulfone groups is 1. The predicted octanol–water partition coefficient (Wildman–Crippen LogP) is 2.85. The van der Waals surface area contributed by atoms with Crippen LogP contribution in [0.3, 0.4) is 0 Å². The van der Waals surface area contributed by atoms with Gasteiger partial charge >= 0.3 is 0 Å². The van der Waals surface area contributed by atoms with E-state index in [4.69, 9.17) is 0 Å². The van der Waals surface area contributed by atoms with Crippen LogP contribution in [0.25, 0.3) is 0 Å². The average molecular weight is 279 g/mol. The molecule has 19 heavy (non-hydrogen) atoms. The Morgan fingerprint density at radius 2 is 1.95 bits per heavy atom. The van der Waals surface area contributed by atoms with Crippen LogP contribution < -0.4 is 5.32 Å². The molecule has 3 nitrogen and oxygen atoms in total. The first kappa shape index (κ1) is 14.3. The van der Waals surface area contributed by atoms with Crippen molar-refractivity contribution in [3.05, 3.63) is 41.5 Å². The number of hydrogen-bond donors (Lipinski definition) is 1. The highest BCUT2D eigenvalue weighted by atomic mass is 32.2. The fraction of sp³-hybridized carbons (Fsp3) is 0.467. The van der Waals surface area contributed by atoms with Gasteiger partial charge in [-0.25, -0.2) is 8.42 Å². The van der Waals surface area contributed by atoms with Crippen LogP contribution in [0.15, 0.2) is 40.8 Å². The molecule has 0 heterocycles. The van der Waals surface area contributed by atoms with E-state index in [1.165, 1.54) is 18.2 Å². The van der Waals surface area contributed by atoms with Gasteiger partial charge in [-0.15, -0.1) is 0 Å². The Bertz CT molecular complexity index is 558. The summed E-state index contributed by atoms with van der Waals surface area (Å²) >= 11 is 0. The summed E-state index contributed by atoms with van der Waals surface area (Å²) in [6, 6.07) is 7.46. The van der Waals surface area contributed by atoms with Gasteiger partial charge in [-0.3, -0.25) is 0 Å². The zero-order valence-electron chi connectivity index (χ0n) is 11.5. The lowest BCUT2D eigenvalue weighted by Crippen LogP contribution is -2.22. The van der Waals surface area contributed by atoms with Gasteiger partial charge in [-0.1, -0.05) is 30.7 Å². The second-order valence-corrected chi connectivity index (χ2v) is 7.02. The van der Waals surface area contributed by atoms with Crippen molar-refractivity contribution in [1.29, 1.82) is 0 Å². The molecule has 0 saturated carbocycles. The Balaban J connectivity index is 2.27. The van der Waals surface area contributed by atoms with Crippen LogP contribution in [-0.4, -0.2) is 21.2 Å². The van der Waals surface area contributed by atoms with Crippen molar-refractivity contribution in [2.45, 2.75) is 37.1 Å². The van der Waals surface area contributed by atoms with E-state index >= 15 is 0 Å². The molecule has 2 rings (SSSR count). The predicted molar refractivity (Wildman–Crippen MR) is 77.9 cm³/mol. The molecule has 0 spiro atoms. The molecule has 1 aliphatic carbocycles. The first-order chi connectivity index (χ1) is 9.02. The number of rotatable bonds is 5. The van der Waals surface area contributed by atoms with Gasteiger partial charge in [0.25, 0.3) is 0 Å². The molecule has 0 saturated heterocycles. The second-order valence-electron chi connectivity index (χ2n) is 5.00. The first-order valence-electron chi connectivity index (χ1n) is 6.74. The Morgan fingerprint density at radius 1 is 1.26 bits per heavy atom. The Morgan fingerprint density at radius 3 is 2.42 bits per heavy atom. The van der Waals surface area contributed by atoms with Gasteiger partial charge in [0.1, 0.15) is 0 Å². The zero-order valence-corrected chi connectivity index (χ0v) is 12.3. The van der Waals surface area contributed by atoms with Gasteiger partial charge in [-0.05, 0) is 43.5 Å². The fourth-order valence-corrected chi connectivity index (χ4v) is 3.16. The lowest BCUT2D eigenvalue weighted by Gasteiger charge is -2.20. The van der Waals surface area contributed by atoms with E-state index in [1.54, 1.807) is 12.1 Å². The van der Waals surface area contributed by atoms with E-state index in [9.17, 15) is 8.42 Å². The summed E-state index contributed by atoms with van der Waals surface area (Å²) in [6.07, 6.45) is 7.05. The molecular formula is C15H21NO2S. The molecule has 0 aromatic heterocycles. The maximum absolute atomic E-state index is 11.5. The smallest absolute Gasteiger partial charge is 0.175 e. The molecule has 1 atom stereocenters. The number of allylic oxidation sites excluding steroid dienone is 1. The van der Waals surface area contributed by atoms with Crippen molar-refractivity contribution < 1.29 is 8.42 Å². The Kier molecular flexibility index (Phi) is 4.42. The van der Waals surface area contributed by atoms with Gasteiger partial charge in [-0.2, -0.15) is 0 Å². The van der Waals surface area contributed by atoms with Crippen molar-refractivity contribution in [3.63, 3.8) is 0 Å². The quantitative estimate of drug-likeness (QED) is 0.843. The molecule has 4 heteroatoms. The monoisotopic (exact) mass is 279 g/mol. The molecule has 0 radical (unpaired) electrons. The van der Waals surface area contributed by atoms with Crippen LogP contribution in [0.2, 0.25) is 0 Å². The molecule has 1 unspecified atom stereocenters.